The molecule has 182 valence electrons. The molecule has 2 aromatic heterocycles. The number of benzene rings is 3. The van der Waals surface area contributed by atoms with Crippen LogP contribution in [-0.2, 0) is 6.42 Å². The summed E-state index contributed by atoms with van der Waals surface area (Å²) in [5.41, 5.74) is 8.23. The van der Waals surface area contributed by atoms with Gasteiger partial charge in [-0.1, -0.05) is 84.1 Å². The minimum Gasteiger partial charge on any atom is -0.344 e. The molecular formula is C32H27N3OS. The molecule has 3 aromatic carbocycles. The molecule has 0 N–H and O–H groups in total. The van der Waals surface area contributed by atoms with Gasteiger partial charge in [-0.2, -0.15) is 0 Å². The summed E-state index contributed by atoms with van der Waals surface area (Å²) in [7, 11) is 0. The fourth-order valence-electron chi connectivity index (χ4n) is 5.87. The van der Waals surface area contributed by atoms with Crippen LogP contribution in [0.5, 0.6) is 0 Å². The van der Waals surface area contributed by atoms with Gasteiger partial charge in [-0.25, -0.2) is 4.99 Å². The third-order valence-electron chi connectivity index (χ3n) is 7.60. The molecule has 3 heterocycles. The summed E-state index contributed by atoms with van der Waals surface area (Å²) in [6, 6.07) is 27.6. The van der Waals surface area contributed by atoms with Crippen molar-refractivity contribution in [1.29, 1.82) is 0 Å². The highest BCUT2D eigenvalue weighted by Crippen LogP contribution is 2.41. The van der Waals surface area contributed by atoms with Crippen molar-refractivity contribution in [3.63, 3.8) is 0 Å². The quantitative estimate of drug-likeness (QED) is 0.305. The number of allylic oxidation sites excluding steroid dienone is 1. The molecule has 0 spiro atoms. The van der Waals surface area contributed by atoms with Crippen molar-refractivity contribution in [3.05, 3.63) is 133 Å². The Balaban J connectivity index is 1.49. The number of fused-ring (bicyclic) bond motifs is 4. The van der Waals surface area contributed by atoms with Crippen LogP contribution in [0, 0.1) is 0 Å². The van der Waals surface area contributed by atoms with Gasteiger partial charge in [0.15, 0.2) is 4.80 Å². The molecule has 1 aliphatic carbocycles. The third-order valence-corrected chi connectivity index (χ3v) is 8.59. The number of para-hydroxylation sites is 1. The number of aromatic nitrogens is 2. The predicted octanol–water partition coefficient (Wildman–Crippen LogP) is 5.85. The van der Waals surface area contributed by atoms with E-state index in [-0.39, 0.29) is 11.6 Å². The normalized spacial score (nSPS) is 17.1. The van der Waals surface area contributed by atoms with Crippen LogP contribution in [0.25, 0.3) is 22.7 Å². The molecule has 5 aromatic rings. The van der Waals surface area contributed by atoms with Crippen LogP contribution in [0.4, 0.5) is 0 Å². The molecule has 0 amide bonds. The minimum atomic E-state index is -0.139. The molecule has 0 radical (unpaired) electrons. The Morgan fingerprint density at radius 3 is 2.54 bits per heavy atom. The molecule has 1 aliphatic heterocycles. The maximum atomic E-state index is 14.1. The Morgan fingerprint density at radius 1 is 0.946 bits per heavy atom. The van der Waals surface area contributed by atoms with Gasteiger partial charge >= 0.3 is 0 Å². The first-order chi connectivity index (χ1) is 18.1. The van der Waals surface area contributed by atoms with Crippen LogP contribution in [-0.4, -0.2) is 9.13 Å². The number of hydrogen-bond acceptors (Lipinski definition) is 3. The second-order valence-electron chi connectivity index (χ2n) is 10.1. The van der Waals surface area contributed by atoms with Gasteiger partial charge in [0.2, 0.25) is 0 Å². The summed E-state index contributed by atoms with van der Waals surface area (Å²) in [5.74, 6) is 0. The standard InChI is InChI=1S/C32H27N3OS/c1-20(2)34-19-23(24-13-8-9-15-27(24)34)18-28-31(36)35-30(22-11-4-3-5-12-22)26-17-16-21-10-6-7-14-25(21)29(26)33-32(35)37-28/h3-15,18-20,30H,16-17H2,1-2H3. The molecule has 37 heavy (non-hydrogen) atoms. The average molecular weight is 502 g/mol. The zero-order valence-electron chi connectivity index (χ0n) is 20.9. The van der Waals surface area contributed by atoms with Gasteiger partial charge in [0, 0.05) is 34.3 Å². The van der Waals surface area contributed by atoms with E-state index in [1.165, 1.54) is 33.6 Å². The van der Waals surface area contributed by atoms with Crippen LogP contribution in [0.2, 0.25) is 0 Å². The molecule has 1 unspecified atom stereocenters. The van der Waals surface area contributed by atoms with E-state index in [9.17, 15) is 4.79 Å². The van der Waals surface area contributed by atoms with Crippen LogP contribution < -0.4 is 14.9 Å². The Bertz CT molecular complexity index is 1890. The number of hydrogen-bond donors (Lipinski definition) is 0. The van der Waals surface area contributed by atoms with Gasteiger partial charge in [0.1, 0.15) is 0 Å². The van der Waals surface area contributed by atoms with E-state index >= 15 is 0 Å². The molecule has 0 saturated heterocycles. The summed E-state index contributed by atoms with van der Waals surface area (Å²) in [6.45, 7) is 4.37. The van der Waals surface area contributed by atoms with Crippen LogP contribution >= 0.6 is 11.3 Å². The largest absolute Gasteiger partial charge is 0.344 e. The lowest BCUT2D eigenvalue weighted by Crippen LogP contribution is -2.38. The fourth-order valence-corrected chi connectivity index (χ4v) is 6.86. The first-order valence-corrected chi connectivity index (χ1v) is 13.7. The van der Waals surface area contributed by atoms with Gasteiger partial charge in [-0.15, -0.1) is 0 Å². The van der Waals surface area contributed by atoms with Gasteiger partial charge in [-0.05, 0) is 55.5 Å². The molecular weight excluding hydrogens is 474 g/mol. The maximum absolute atomic E-state index is 14.1. The zero-order valence-corrected chi connectivity index (χ0v) is 21.7. The highest BCUT2D eigenvalue weighted by atomic mass is 32.1. The van der Waals surface area contributed by atoms with Gasteiger partial charge in [0.25, 0.3) is 5.56 Å². The number of aryl methyl sites for hydroxylation is 1. The molecule has 0 bridgehead atoms. The van der Waals surface area contributed by atoms with Crippen molar-refractivity contribution in [2.45, 2.75) is 38.8 Å². The van der Waals surface area contributed by atoms with Crippen LogP contribution in [0.3, 0.4) is 0 Å². The maximum Gasteiger partial charge on any atom is 0.271 e. The van der Waals surface area contributed by atoms with E-state index in [2.05, 4.69) is 103 Å². The van der Waals surface area contributed by atoms with Crippen molar-refractivity contribution in [2.24, 2.45) is 4.99 Å². The Labute approximate surface area is 219 Å². The number of rotatable bonds is 3. The molecule has 7 rings (SSSR count). The van der Waals surface area contributed by atoms with Gasteiger partial charge in [-0.3, -0.25) is 9.36 Å². The average Bonchev–Trinajstić information content (AvgIpc) is 3.45. The van der Waals surface area contributed by atoms with Crippen molar-refractivity contribution in [3.8, 4) is 0 Å². The molecule has 5 heteroatoms. The monoisotopic (exact) mass is 501 g/mol. The van der Waals surface area contributed by atoms with Crippen molar-refractivity contribution >= 4 is 34.0 Å². The minimum absolute atomic E-state index is 0.0318. The Hall–Kier alpha value is -3.96. The summed E-state index contributed by atoms with van der Waals surface area (Å²) >= 11 is 1.50. The van der Waals surface area contributed by atoms with E-state index < -0.39 is 0 Å². The lowest BCUT2D eigenvalue weighted by molar-refractivity contribution is 0.585. The van der Waals surface area contributed by atoms with E-state index in [0.717, 1.165) is 44.4 Å². The smallest absolute Gasteiger partial charge is 0.271 e. The summed E-state index contributed by atoms with van der Waals surface area (Å²) in [6.07, 6.45) is 6.10. The SMILES string of the molecule is CC(C)n1cc(C=c2sc3n(c2=O)C(c2ccccc2)C2=C(N=3)c3ccccc3CC2)c2ccccc21. The first kappa shape index (κ1) is 22.3. The van der Waals surface area contributed by atoms with Gasteiger partial charge in [0.05, 0.1) is 16.3 Å². The highest BCUT2D eigenvalue weighted by Gasteiger charge is 2.32. The molecule has 2 aliphatic rings. The molecule has 0 saturated carbocycles. The molecule has 1 atom stereocenters. The fraction of sp³-hybridized carbons (Fsp3) is 0.188. The van der Waals surface area contributed by atoms with E-state index in [1.807, 2.05) is 10.6 Å². The Kier molecular flexibility index (Phi) is 5.15. The zero-order chi connectivity index (χ0) is 25.1. The summed E-state index contributed by atoms with van der Waals surface area (Å²) in [5, 5.41) is 1.16. The van der Waals surface area contributed by atoms with Crippen LogP contribution in [0.1, 0.15) is 54.6 Å². The second-order valence-corrected chi connectivity index (χ2v) is 11.1. The lowest BCUT2D eigenvalue weighted by Gasteiger charge is -2.30. The number of nitrogens with zero attached hydrogens (tertiary/aromatic N) is 3. The number of thiazole rings is 1. The second kappa shape index (κ2) is 8.56. The van der Waals surface area contributed by atoms with E-state index in [1.54, 1.807) is 0 Å². The van der Waals surface area contributed by atoms with Gasteiger partial charge < -0.3 is 4.57 Å². The van der Waals surface area contributed by atoms with Crippen molar-refractivity contribution in [1.82, 2.24) is 9.13 Å². The molecule has 0 fully saturated rings. The van der Waals surface area contributed by atoms with E-state index in [0.29, 0.717) is 6.04 Å². The lowest BCUT2D eigenvalue weighted by atomic mass is 9.83. The van der Waals surface area contributed by atoms with Crippen molar-refractivity contribution < 1.29 is 0 Å². The van der Waals surface area contributed by atoms with Crippen LogP contribution in [0.15, 0.2) is 100 Å². The van der Waals surface area contributed by atoms with Crippen molar-refractivity contribution in [2.75, 3.05) is 0 Å². The highest BCUT2D eigenvalue weighted by molar-refractivity contribution is 7.07. The van der Waals surface area contributed by atoms with E-state index in [4.69, 9.17) is 4.99 Å². The molecule has 4 nitrogen and oxygen atoms in total. The predicted molar refractivity (Wildman–Crippen MR) is 152 cm³/mol. The first-order valence-electron chi connectivity index (χ1n) is 12.9. The summed E-state index contributed by atoms with van der Waals surface area (Å²) in [4.78, 5) is 20.0. The Morgan fingerprint density at radius 2 is 1.70 bits per heavy atom. The third kappa shape index (κ3) is 3.49. The summed E-state index contributed by atoms with van der Waals surface area (Å²) < 4.78 is 4.93. The topological polar surface area (TPSA) is 39.3 Å².